The maximum atomic E-state index is 6.00. The molecule has 1 heterocycles. The van der Waals surface area contributed by atoms with Gasteiger partial charge in [-0.05, 0) is 38.1 Å². The van der Waals surface area contributed by atoms with E-state index in [4.69, 9.17) is 20.8 Å². The summed E-state index contributed by atoms with van der Waals surface area (Å²) >= 11 is 6.00. The number of benzene rings is 1. The van der Waals surface area contributed by atoms with Gasteiger partial charge in [-0.15, -0.1) is 0 Å². The van der Waals surface area contributed by atoms with Crippen LogP contribution < -0.4 is 10.1 Å². The molecule has 1 N–H and O–H groups in total. The summed E-state index contributed by atoms with van der Waals surface area (Å²) in [6.45, 7) is 5.30. The van der Waals surface area contributed by atoms with Gasteiger partial charge in [0.15, 0.2) is 0 Å². The van der Waals surface area contributed by atoms with Crippen molar-refractivity contribution in [3.05, 3.63) is 52.9 Å². The molecular formula is C15H18ClNO2. The monoisotopic (exact) mass is 279 g/mol. The number of aryl methyl sites for hydroxylation is 1. The molecule has 0 radical (unpaired) electrons. The molecule has 1 aromatic heterocycles. The number of furan rings is 1. The first-order valence-electron chi connectivity index (χ1n) is 6.34. The third-order valence-electron chi connectivity index (χ3n) is 2.83. The Morgan fingerprint density at radius 3 is 2.74 bits per heavy atom. The lowest BCUT2D eigenvalue weighted by molar-refractivity contribution is 0.301. The van der Waals surface area contributed by atoms with E-state index in [1.165, 1.54) is 0 Å². The van der Waals surface area contributed by atoms with E-state index in [0.717, 1.165) is 18.1 Å². The molecule has 19 heavy (non-hydrogen) atoms. The van der Waals surface area contributed by atoms with Crippen LogP contribution in [-0.2, 0) is 0 Å². The largest absolute Gasteiger partial charge is 0.491 e. The molecule has 3 nitrogen and oxygen atoms in total. The molecule has 1 atom stereocenters. The van der Waals surface area contributed by atoms with E-state index >= 15 is 0 Å². The number of para-hydroxylation sites is 1. The Kier molecular flexibility index (Phi) is 4.88. The zero-order valence-corrected chi connectivity index (χ0v) is 11.9. The Hall–Kier alpha value is -1.45. The van der Waals surface area contributed by atoms with Crippen LogP contribution in [0.2, 0.25) is 5.02 Å². The van der Waals surface area contributed by atoms with Gasteiger partial charge in [0.05, 0.1) is 11.1 Å². The fraction of sp³-hybridized carbons (Fsp3) is 0.333. The second-order valence-electron chi connectivity index (χ2n) is 4.40. The summed E-state index contributed by atoms with van der Waals surface area (Å²) < 4.78 is 11.2. The van der Waals surface area contributed by atoms with E-state index in [-0.39, 0.29) is 6.04 Å². The van der Waals surface area contributed by atoms with Gasteiger partial charge in [0, 0.05) is 6.54 Å². The summed E-state index contributed by atoms with van der Waals surface area (Å²) in [5.74, 6) is 2.58. The summed E-state index contributed by atoms with van der Waals surface area (Å²) in [6, 6.07) is 11.6. The van der Waals surface area contributed by atoms with Crippen molar-refractivity contribution < 1.29 is 9.15 Å². The smallest absolute Gasteiger partial charge is 0.137 e. The molecule has 2 aromatic rings. The molecule has 0 amide bonds. The van der Waals surface area contributed by atoms with Crippen molar-refractivity contribution in [2.24, 2.45) is 0 Å². The average Bonchev–Trinajstić information content (AvgIpc) is 2.83. The number of hydrogen-bond donors (Lipinski definition) is 1. The van der Waals surface area contributed by atoms with Crippen LogP contribution in [0.25, 0.3) is 0 Å². The minimum Gasteiger partial charge on any atom is -0.491 e. The summed E-state index contributed by atoms with van der Waals surface area (Å²) in [6.07, 6.45) is 0. The molecule has 0 saturated carbocycles. The van der Waals surface area contributed by atoms with Crippen molar-refractivity contribution >= 4 is 11.6 Å². The highest BCUT2D eigenvalue weighted by molar-refractivity contribution is 6.32. The van der Waals surface area contributed by atoms with Crippen LogP contribution in [0.3, 0.4) is 0 Å². The Bertz CT molecular complexity index is 524. The van der Waals surface area contributed by atoms with E-state index in [0.29, 0.717) is 17.4 Å². The van der Waals surface area contributed by atoms with Gasteiger partial charge in [-0.1, -0.05) is 23.7 Å². The van der Waals surface area contributed by atoms with Crippen LogP contribution in [0.4, 0.5) is 0 Å². The first-order chi connectivity index (χ1) is 9.16. The zero-order valence-electron chi connectivity index (χ0n) is 11.2. The van der Waals surface area contributed by atoms with Crippen molar-refractivity contribution in [1.82, 2.24) is 5.32 Å². The van der Waals surface area contributed by atoms with Gasteiger partial charge in [0.1, 0.15) is 23.9 Å². The Labute approximate surface area is 118 Å². The number of hydrogen-bond acceptors (Lipinski definition) is 3. The second kappa shape index (κ2) is 6.64. The molecule has 1 aromatic carbocycles. The minimum absolute atomic E-state index is 0.170. The fourth-order valence-electron chi connectivity index (χ4n) is 1.78. The van der Waals surface area contributed by atoms with Gasteiger partial charge in [-0.25, -0.2) is 0 Å². The predicted molar refractivity (Wildman–Crippen MR) is 76.8 cm³/mol. The molecule has 0 saturated heterocycles. The van der Waals surface area contributed by atoms with Crippen molar-refractivity contribution in [3.8, 4) is 5.75 Å². The van der Waals surface area contributed by atoms with Crippen molar-refractivity contribution in [1.29, 1.82) is 0 Å². The van der Waals surface area contributed by atoms with E-state index < -0.39 is 0 Å². The van der Waals surface area contributed by atoms with Crippen LogP contribution >= 0.6 is 11.6 Å². The lowest BCUT2D eigenvalue weighted by Gasteiger charge is -2.12. The number of ether oxygens (including phenoxy) is 1. The quantitative estimate of drug-likeness (QED) is 0.813. The first-order valence-corrected chi connectivity index (χ1v) is 6.71. The van der Waals surface area contributed by atoms with Gasteiger partial charge in [-0.3, -0.25) is 0 Å². The zero-order chi connectivity index (χ0) is 13.7. The van der Waals surface area contributed by atoms with Crippen LogP contribution in [0, 0.1) is 6.92 Å². The van der Waals surface area contributed by atoms with E-state index in [2.05, 4.69) is 12.2 Å². The van der Waals surface area contributed by atoms with Crippen molar-refractivity contribution in [2.45, 2.75) is 19.9 Å². The summed E-state index contributed by atoms with van der Waals surface area (Å²) in [4.78, 5) is 0. The van der Waals surface area contributed by atoms with E-state index in [1.807, 2.05) is 43.3 Å². The second-order valence-corrected chi connectivity index (χ2v) is 4.81. The van der Waals surface area contributed by atoms with Crippen LogP contribution in [0.5, 0.6) is 5.75 Å². The highest BCUT2D eigenvalue weighted by Crippen LogP contribution is 2.22. The predicted octanol–water partition coefficient (Wildman–Crippen LogP) is 3.97. The van der Waals surface area contributed by atoms with Crippen LogP contribution in [0.15, 0.2) is 40.8 Å². The number of halogens is 1. The summed E-state index contributed by atoms with van der Waals surface area (Å²) in [5, 5.41) is 3.98. The molecule has 0 aliphatic carbocycles. The molecular weight excluding hydrogens is 262 g/mol. The van der Waals surface area contributed by atoms with Gasteiger partial charge >= 0.3 is 0 Å². The minimum atomic E-state index is 0.170. The molecule has 1 unspecified atom stereocenters. The summed E-state index contributed by atoms with van der Waals surface area (Å²) in [5.41, 5.74) is 0. The molecule has 0 fully saturated rings. The summed E-state index contributed by atoms with van der Waals surface area (Å²) in [7, 11) is 0. The van der Waals surface area contributed by atoms with Crippen molar-refractivity contribution in [3.63, 3.8) is 0 Å². The normalized spacial score (nSPS) is 12.4. The number of rotatable bonds is 6. The highest BCUT2D eigenvalue weighted by atomic mass is 35.5. The topological polar surface area (TPSA) is 34.4 Å². The first kappa shape index (κ1) is 14.0. The maximum Gasteiger partial charge on any atom is 0.137 e. The maximum absolute atomic E-state index is 6.00. The Morgan fingerprint density at radius 2 is 2.05 bits per heavy atom. The van der Waals surface area contributed by atoms with Gasteiger partial charge < -0.3 is 14.5 Å². The molecule has 0 aliphatic heterocycles. The third kappa shape index (κ3) is 4.01. The molecule has 0 spiro atoms. The molecule has 102 valence electrons. The Morgan fingerprint density at radius 1 is 1.26 bits per heavy atom. The number of nitrogens with one attached hydrogen (secondary N) is 1. The van der Waals surface area contributed by atoms with E-state index in [1.54, 1.807) is 0 Å². The fourth-order valence-corrected chi connectivity index (χ4v) is 1.98. The lowest BCUT2D eigenvalue weighted by atomic mass is 10.2. The van der Waals surface area contributed by atoms with E-state index in [9.17, 15) is 0 Å². The molecule has 4 heteroatoms. The molecule has 0 bridgehead atoms. The van der Waals surface area contributed by atoms with Crippen LogP contribution in [0.1, 0.15) is 24.5 Å². The van der Waals surface area contributed by atoms with Crippen molar-refractivity contribution in [2.75, 3.05) is 13.2 Å². The van der Waals surface area contributed by atoms with Gasteiger partial charge in [0.2, 0.25) is 0 Å². The Balaban J connectivity index is 1.74. The SMILES string of the molecule is Cc1ccc(C(C)NCCOc2ccccc2Cl)o1. The lowest BCUT2D eigenvalue weighted by Crippen LogP contribution is -2.24. The standard InChI is InChI=1S/C15H18ClNO2/c1-11-7-8-14(19-11)12(2)17-9-10-18-15-6-4-3-5-13(15)16/h3-8,12,17H,9-10H2,1-2H3. The highest BCUT2D eigenvalue weighted by Gasteiger charge is 2.08. The van der Waals surface area contributed by atoms with Crippen LogP contribution in [-0.4, -0.2) is 13.2 Å². The molecule has 0 aliphatic rings. The average molecular weight is 280 g/mol. The van der Waals surface area contributed by atoms with Gasteiger partial charge in [0.25, 0.3) is 0 Å². The molecule has 2 rings (SSSR count). The van der Waals surface area contributed by atoms with Gasteiger partial charge in [-0.2, -0.15) is 0 Å². The third-order valence-corrected chi connectivity index (χ3v) is 3.15.